The first-order chi connectivity index (χ1) is 9.91. The van der Waals surface area contributed by atoms with E-state index in [2.05, 4.69) is 0 Å². The molecule has 1 aromatic rings. The number of alkyl halides is 4. The summed E-state index contributed by atoms with van der Waals surface area (Å²) in [6, 6.07) is 3.90. The van der Waals surface area contributed by atoms with E-state index in [1.165, 1.54) is 0 Å². The Balaban J connectivity index is 1.93. The van der Waals surface area contributed by atoms with Gasteiger partial charge in [-0.25, -0.2) is 8.78 Å². The molecular formula is C13H16F4N2OS. The summed E-state index contributed by atoms with van der Waals surface area (Å²) in [4.78, 5) is 15.6. The molecule has 0 aromatic carbocycles. The number of hydrogen-bond acceptors (Lipinski definition) is 3. The minimum Gasteiger partial charge on any atom is -0.336 e. The maximum atomic E-state index is 13.1. The van der Waals surface area contributed by atoms with Crippen molar-refractivity contribution in [2.75, 3.05) is 26.2 Å². The maximum absolute atomic E-state index is 13.1. The van der Waals surface area contributed by atoms with Gasteiger partial charge in [-0.1, -0.05) is 6.07 Å². The number of carbonyl (C=O) groups is 1. The van der Waals surface area contributed by atoms with E-state index in [0.717, 1.165) is 9.78 Å². The van der Waals surface area contributed by atoms with Gasteiger partial charge in [0.2, 0.25) is 0 Å². The zero-order chi connectivity index (χ0) is 15.5. The molecule has 1 aliphatic heterocycles. The first-order valence-corrected chi connectivity index (χ1v) is 7.49. The van der Waals surface area contributed by atoms with Crippen LogP contribution in [0, 0.1) is 0 Å². The molecule has 2 rings (SSSR count). The lowest BCUT2D eigenvalue weighted by molar-refractivity contribution is -0.180. The Labute approximate surface area is 124 Å². The highest BCUT2D eigenvalue weighted by atomic mass is 32.1. The van der Waals surface area contributed by atoms with Gasteiger partial charge in [0.25, 0.3) is 5.91 Å². The smallest absolute Gasteiger partial charge is 0.336 e. The molecule has 1 aliphatic rings. The summed E-state index contributed by atoms with van der Waals surface area (Å²) in [5.74, 6) is -6.36. The molecular weight excluding hydrogens is 308 g/mol. The van der Waals surface area contributed by atoms with Gasteiger partial charge in [-0.3, -0.25) is 9.69 Å². The third-order valence-corrected chi connectivity index (χ3v) is 4.26. The summed E-state index contributed by atoms with van der Waals surface area (Å²) >= 11 is 1.60. The van der Waals surface area contributed by atoms with Crippen LogP contribution in [0.1, 0.15) is 11.3 Å². The topological polar surface area (TPSA) is 23.6 Å². The normalized spacial score (nSPS) is 18.0. The third kappa shape index (κ3) is 3.94. The van der Waals surface area contributed by atoms with Crippen molar-refractivity contribution >= 4 is 17.2 Å². The Kier molecular flexibility index (Phi) is 5.21. The summed E-state index contributed by atoms with van der Waals surface area (Å²) in [6.45, 7) is 1.88. The predicted octanol–water partition coefficient (Wildman–Crippen LogP) is 2.68. The molecule has 21 heavy (non-hydrogen) atoms. The average Bonchev–Trinajstić information content (AvgIpc) is 2.83. The fraction of sp³-hybridized carbons (Fsp3) is 0.615. The second-order valence-electron chi connectivity index (χ2n) is 4.92. The van der Waals surface area contributed by atoms with Crippen molar-refractivity contribution in [3.8, 4) is 0 Å². The molecule has 0 radical (unpaired) electrons. The third-order valence-electron chi connectivity index (χ3n) is 3.39. The standard InChI is InChI=1S/C13H16F4N2OS/c14-11(15)13(16,17)12(20)19-5-2-4-18(6-7-19)9-10-3-1-8-21-10/h1,3,8,11H,2,4-7,9H2. The van der Waals surface area contributed by atoms with E-state index < -0.39 is 18.3 Å². The summed E-state index contributed by atoms with van der Waals surface area (Å²) < 4.78 is 50.7. The van der Waals surface area contributed by atoms with Gasteiger partial charge >= 0.3 is 12.3 Å². The van der Waals surface area contributed by atoms with E-state index in [1.54, 1.807) is 11.3 Å². The van der Waals surface area contributed by atoms with E-state index >= 15 is 0 Å². The van der Waals surface area contributed by atoms with Gasteiger partial charge in [-0.15, -0.1) is 11.3 Å². The van der Waals surface area contributed by atoms with Crippen LogP contribution < -0.4 is 0 Å². The highest BCUT2D eigenvalue weighted by Gasteiger charge is 2.51. The van der Waals surface area contributed by atoms with E-state index in [0.29, 0.717) is 26.1 Å². The van der Waals surface area contributed by atoms with Crippen molar-refractivity contribution in [3.05, 3.63) is 22.4 Å². The molecule has 8 heteroatoms. The quantitative estimate of drug-likeness (QED) is 0.795. The van der Waals surface area contributed by atoms with Gasteiger partial charge in [-0.05, 0) is 17.9 Å². The lowest BCUT2D eigenvalue weighted by Gasteiger charge is -2.25. The van der Waals surface area contributed by atoms with Gasteiger partial charge in [0, 0.05) is 37.6 Å². The van der Waals surface area contributed by atoms with Crippen LogP contribution in [0.25, 0.3) is 0 Å². The predicted molar refractivity (Wildman–Crippen MR) is 71.7 cm³/mol. The number of halogens is 4. The summed E-state index contributed by atoms with van der Waals surface area (Å²) in [5.41, 5.74) is 0. The van der Waals surface area contributed by atoms with E-state index in [-0.39, 0.29) is 13.1 Å². The fourth-order valence-corrected chi connectivity index (χ4v) is 3.01. The summed E-state index contributed by atoms with van der Waals surface area (Å²) in [7, 11) is 0. The van der Waals surface area contributed by atoms with Crippen LogP contribution in [-0.2, 0) is 11.3 Å². The van der Waals surface area contributed by atoms with Crippen molar-refractivity contribution in [3.63, 3.8) is 0 Å². The van der Waals surface area contributed by atoms with Crippen LogP contribution in [0.2, 0.25) is 0 Å². The van der Waals surface area contributed by atoms with Crippen molar-refractivity contribution < 1.29 is 22.4 Å². The van der Waals surface area contributed by atoms with Crippen LogP contribution in [0.3, 0.4) is 0 Å². The number of carbonyl (C=O) groups excluding carboxylic acids is 1. The Morgan fingerprint density at radius 1 is 1.29 bits per heavy atom. The minimum absolute atomic E-state index is 0.0481. The van der Waals surface area contributed by atoms with Crippen LogP contribution in [-0.4, -0.2) is 54.2 Å². The molecule has 0 bridgehead atoms. The molecule has 0 atom stereocenters. The van der Waals surface area contributed by atoms with Gasteiger partial charge in [-0.2, -0.15) is 8.78 Å². The Bertz CT molecular complexity index is 467. The molecule has 0 N–H and O–H groups in total. The highest BCUT2D eigenvalue weighted by molar-refractivity contribution is 7.09. The number of rotatable bonds is 4. The van der Waals surface area contributed by atoms with Crippen LogP contribution in [0.4, 0.5) is 17.6 Å². The van der Waals surface area contributed by atoms with Gasteiger partial charge in [0.1, 0.15) is 0 Å². The fourth-order valence-electron chi connectivity index (χ4n) is 2.26. The SMILES string of the molecule is O=C(N1CCCN(Cc2cccs2)CC1)C(F)(F)C(F)F. The van der Waals surface area contributed by atoms with Crippen molar-refractivity contribution in [1.29, 1.82) is 0 Å². The minimum atomic E-state index is -4.59. The molecule has 1 saturated heterocycles. The van der Waals surface area contributed by atoms with Gasteiger partial charge in [0.15, 0.2) is 0 Å². The lowest BCUT2D eigenvalue weighted by atomic mass is 10.2. The monoisotopic (exact) mass is 324 g/mol. The highest BCUT2D eigenvalue weighted by Crippen LogP contribution is 2.26. The molecule has 0 aliphatic carbocycles. The first-order valence-electron chi connectivity index (χ1n) is 6.61. The number of amides is 1. The molecule has 0 spiro atoms. The summed E-state index contributed by atoms with van der Waals surface area (Å²) in [5, 5.41) is 1.95. The van der Waals surface area contributed by atoms with E-state index in [9.17, 15) is 22.4 Å². The Morgan fingerprint density at radius 3 is 2.67 bits per heavy atom. The van der Waals surface area contributed by atoms with Crippen LogP contribution in [0.5, 0.6) is 0 Å². The van der Waals surface area contributed by atoms with Crippen molar-refractivity contribution in [1.82, 2.24) is 9.80 Å². The van der Waals surface area contributed by atoms with E-state index in [4.69, 9.17) is 0 Å². The largest absolute Gasteiger partial charge is 0.383 e. The molecule has 0 unspecified atom stereocenters. The molecule has 1 aromatic heterocycles. The second-order valence-corrected chi connectivity index (χ2v) is 5.96. The van der Waals surface area contributed by atoms with E-state index in [1.807, 2.05) is 22.4 Å². The summed E-state index contributed by atoms with van der Waals surface area (Å²) in [6.07, 6.45) is -3.47. The zero-order valence-electron chi connectivity index (χ0n) is 11.3. The Hall–Kier alpha value is -1.15. The second kappa shape index (κ2) is 6.74. The zero-order valence-corrected chi connectivity index (χ0v) is 12.1. The van der Waals surface area contributed by atoms with Gasteiger partial charge in [0.05, 0.1) is 0 Å². The maximum Gasteiger partial charge on any atom is 0.383 e. The molecule has 3 nitrogen and oxygen atoms in total. The molecule has 1 amide bonds. The van der Waals surface area contributed by atoms with Gasteiger partial charge < -0.3 is 4.90 Å². The Morgan fingerprint density at radius 2 is 2.05 bits per heavy atom. The molecule has 2 heterocycles. The lowest BCUT2D eigenvalue weighted by Crippen LogP contribution is -2.48. The molecule has 118 valence electrons. The molecule has 1 fully saturated rings. The number of thiophene rings is 1. The van der Waals surface area contributed by atoms with Crippen LogP contribution in [0.15, 0.2) is 17.5 Å². The number of nitrogens with zero attached hydrogens (tertiary/aromatic N) is 2. The van der Waals surface area contributed by atoms with Crippen molar-refractivity contribution in [2.45, 2.75) is 25.3 Å². The van der Waals surface area contributed by atoms with Crippen molar-refractivity contribution in [2.24, 2.45) is 0 Å². The first kappa shape index (κ1) is 16.2. The number of hydrogen-bond donors (Lipinski definition) is 0. The average molecular weight is 324 g/mol. The van der Waals surface area contributed by atoms with Crippen LogP contribution >= 0.6 is 11.3 Å². The molecule has 0 saturated carbocycles.